The van der Waals surface area contributed by atoms with Crippen LogP contribution in [0.3, 0.4) is 0 Å². The SMILES string of the molecule is CCN(Cc1ccc(Cl)s1)C(=O)c1ccc(Cl)cc1Br. The van der Waals surface area contributed by atoms with Crippen LogP contribution in [0, 0.1) is 0 Å². The third-order valence-corrected chi connectivity index (χ3v) is 4.91. The molecule has 0 radical (unpaired) electrons. The Kier molecular flexibility index (Phi) is 5.49. The third-order valence-electron chi connectivity index (χ3n) is 2.81. The molecule has 0 fully saturated rings. The van der Waals surface area contributed by atoms with Crippen LogP contribution in [0.4, 0.5) is 0 Å². The highest BCUT2D eigenvalue weighted by molar-refractivity contribution is 9.10. The first-order chi connectivity index (χ1) is 9.51. The lowest BCUT2D eigenvalue weighted by molar-refractivity contribution is 0.0753. The molecule has 0 aliphatic rings. The largest absolute Gasteiger partial charge is 0.334 e. The van der Waals surface area contributed by atoms with Gasteiger partial charge in [0.05, 0.1) is 16.4 Å². The predicted octanol–water partition coefficient (Wildman–Crippen LogP) is 5.48. The van der Waals surface area contributed by atoms with Gasteiger partial charge in [-0.05, 0) is 53.2 Å². The molecule has 2 aromatic rings. The van der Waals surface area contributed by atoms with Gasteiger partial charge in [0.25, 0.3) is 5.91 Å². The maximum absolute atomic E-state index is 12.5. The molecule has 0 aliphatic carbocycles. The van der Waals surface area contributed by atoms with Crippen LogP contribution in [0.5, 0.6) is 0 Å². The monoisotopic (exact) mass is 391 g/mol. The summed E-state index contributed by atoms with van der Waals surface area (Å²) in [6.07, 6.45) is 0. The van der Waals surface area contributed by atoms with E-state index in [4.69, 9.17) is 23.2 Å². The number of carbonyl (C=O) groups excluding carboxylic acids is 1. The molecule has 20 heavy (non-hydrogen) atoms. The summed E-state index contributed by atoms with van der Waals surface area (Å²) in [7, 11) is 0. The van der Waals surface area contributed by atoms with Gasteiger partial charge in [0.2, 0.25) is 0 Å². The van der Waals surface area contributed by atoms with E-state index >= 15 is 0 Å². The van der Waals surface area contributed by atoms with E-state index in [1.165, 1.54) is 11.3 Å². The van der Waals surface area contributed by atoms with Crippen molar-refractivity contribution >= 4 is 56.4 Å². The number of thiophene rings is 1. The Bertz CT molecular complexity index is 629. The zero-order valence-corrected chi connectivity index (χ0v) is 14.6. The highest BCUT2D eigenvalue weighted by Crippen LogP contribution is 2.26. The molecule has 0 bridgehead atoms. The van der Waals surface area contributed by atoms with Crippen molar-refractivity contribution in [1.29, 1.82) is 0 Å². The highest BCUT2D eigenvalue weighted by atomic mass is 79.9. The fourth-order valence-electron chi connectivity index (χ4n) is 1.79. The fourth-order valence-corrected chi connectivity index (χ4v) is 3.74. The Morgan fingerprint density at radius 1 is 1.30 bits per heavy atom. The van der Waals surface area contributed by atoms with E-state index in [-0.39, 0.29) is 5.91 Å². The minimum Gasteiger partial charge on any atom is -0.334 e. The van der Waals surface area contributed by atoms with Crippen LogP contribution in [0.2, 0.25) is 9.36 Å². The molecular weight excluding hydrogens is 381 g/mol. The standard InChI is InChI=1S/C14H12BrCl2NOS/c1-2-18(8-10-4-6-13(17)20-10)14(19)11-5-3-9(16)7-12(11)15/h3-7H,2,8H2,1H3. The molecule has 1 heterocycles. The highest BCUT2D eigenvalue weighted by Gasteiger charge is 2.18. The van der Waals surface area contributed by atoms with E-state index < -0.39 is 0 Å². The second-order valence-corrected chi connectivity index (χ2v) is 7.24. The van der Waals surface area contributed by atoms with E-state index in [0.717, 1.165) is 9.21 Å². The molecule has 2 rings (SSSR count). The lowest BCUT2D eigenvalue weighted by Gasteiger charge is -2.21. The van der Waals surface area contributed by atoms with E-state index in [1.807, 2.05) is 19.1 Å². The van der Waals surface area contributed by atoms with Crippen molar-refractivity contribution in [3.8, 4) is 0 Å². The molecular formula is C14H12BrCl2NOS. The summed E-state index contributed by atoms with van der Waals surface area (Å²) in [4.78, 5) is 15.4. The van der Waals surface area contributed by atoms with E-state index in [0.29, 0.717) is 28.1 Å². The lowest BCUT2D eigenvalue weighted by Crippen LogP contribution is -2.30. The third kappa shape index (κ3) is 3.76. The quantitative estimate of drug-likeness (QED) is 0.674. The van der Waals surface area contributed by atoms with Crippen molar-refractivity contribution < 1.29 is 4.79 Å². The molecule has 0 saturated heterocycles. The summed E-state index contributed by atoms with van der Waals surface area (Å²) in [5.41, 5.74) is 0.610. The van der Waals surface area contributed by atoms with Gasteiger partial charge in [0.1, 0.15) is 0 Å². The molecule has 0 atom stereocenters. The minimum atomic E-state index is -0.0273. The molecule has 1 aromatic heterocycles. The molecule has 2 nitrogen and oxygen atoms in total. The minimum absolute atomic E-state index is 0.0273. The van der Waals surface area contributed by atoms with Gasteiger partial charge in [0, 0.05) is 20.9 Å². The summed E-state index contributed by atoms with van der Waals surface area (Å²) in [6.45, 7) is 3.14. The average Bonchev–Trinajstić information content (AvgIpc) is 2.81. The smallest absolute Gasteiger partial charge is 0.255 e. The normalized spacial score (nSPS) is 10.6. The molecule has 106 valence electrons. The number of hydrogen-bond acceptors (Lipinski definition) is 2. The average molecular weight is 393 g/mol. The van der Waals surface area contributed by atoms with Crippen LogP contribution in [0.15, 0.2) is 34.8 Å². The second kappa shape index (κ2) is 6.94. The van der Waals surface area contributed by atoms with Gasteiger partial charge in [0.15, 0.2) is 0 Å². The Morgan fingerprint density at radius 3 is 2.60 bits per heavy atom. The fraction of sp³-hybridized carbons (Fsp3) is 0.214. The van der Waals surface area contributed by atoms with E-state index in [2.05, 4.69) is 15.9 Å². The summed E-state index contributed by atoms with van der Waals surface area (Å²) in [5, 5.41) is 0.599. The first-order valence-electron chi connectivity index (χ1n) is 5.99. The maximum Gasteiger partial charge on any atom is 0.255 e. The van der Waals surface area contributed by atoms with Crippen molar-refractivity contribution in [1.82, 2.24) is 4.90 Å². The maximum atomic E-state index is 12.5. The molecule has 1 aromatic carbocycles. The number of halogens is 3. The van der Waals surface area contributed by atoms with Crippen LogP contribution < -0.4 is 0 Å². The molecule has 0 aliphatic heterocycles. The van der Waals surface area contributed by atoms with Crippen molar-refractivity contribution in [2.75, 3.05) is 6.54 Å². The van der Waals surface area contributed by atoms with Crippen molar-refractivity contribution in [3.63, 3.8) is 0 Å². The van der Waals surface area contributed by atoms with Gasteiger partial charge < -0.3 is 4.90 Å². The van der Waals surface area contributed by atoms with Gasteiger partial charge in [-0.2, -0.15) is 0 Å². The van der Waals surface area contributed by atoms with Crippen LogP contribution in [0.25, 0.3) is 0 Å². The summed E-state index contributed by atoms with van der Waals surface area (Å²) in [5.74, 6) is -0.0273. The van der Waals surface area contributed by atoms with Crippen molar-refractivity contribution in [3.05, 3.63) is 54.6 Å². The van der Waals surface area contributed by atoms with Crippen molar-refractivity contribution in [2.24, 2.45) is 0 Å². The van der Waals surface area contributed by atoms with Crippen LogP contribution in [0.1, 0.15) is 22.2 Å². The molecule has 6 heteroatoms. The Morgan fingerprint density at radius 2 is 2.05 bits per heavy atom. The number of benzene rings is 1. The Hall–Kier alpha value is -0.550. The number of nitrogens with zero attached hydrogens (tertiary/aromatic N) is 1. The number of rotatable bonds is 4. The van der Waals surface area contributed by atoms with Gasteiger partial charge >= 0.3 is 0 Å². The van der Waals surface area contributed by atoms with Crippen LogP contribution >= 0.6 is 50.5 Å². The zero-order chi connectivity index (χ0) is 14.7. The van der Waals surface area contributed by atoms with Gasteiger partial charge in [-0.3, -0.25) is 4.79 Å². The molecule has 0 N–H and O–H groups in total. The second-order valence-electron chi connectivity index (χ2n) is 4.15. The number of carbonyl (C=O) groups is 1. The van der Waals surface area contributed by atoms with E-state index in [9.17, 15) is 4.79 Å². The van der Waals surface area contributed by atoms with Crippen LogP contribution in [-0.2, 0) is 6.54 Å². The molecule has 1 amide bonds. The number of hydrogen-bond donors (Lipinski definition) is 0. The van der Waals surface area contributed by atoms with Crippen LogP contribution in [-0.4, -0.2) is 17.4 Å². The molecule has 0 saturated carbocycles. The topological polar surface area (TPSA) is 20.3 Å². The zero-order valence-electron chi connectivity index (χ0n) is 10.7. The van der Waals surface area contributed by atoms with Gasteiger partial charge in [-0.1, -0.05) is 23.2 Å². The summed E-state index contributed by atoms with van der Waals surface area (Å²) in [6, 6.07) is 8.97. The summed E-state index contributed by atoms with van der Waals surface area (Å²) >= 11 is 16.7. The van der Waals surface area contributed by atoms with Crippen molar-refractivity contribution in [2.45, 2.75) is 13.5 Å². The lowest BCUT2D eigenvalue weighted by atomic mass is 10.2. The number of amides is 1. The molecule has 0 spiro atoms. The Balaban J connectivity index is 2.20. The first kappa shape index (κ1) is 15.8. The first-order valence-corrected chi connectivity index (χ1v) is 8.36. The van der Waals surface area contributed by atoms with Gasteiger partial charge in [-0.25, -0.2) is 0 Å². The molecule has 0 unspecified atom stereocenters. The van der Waals surface area contributed by atoms with Gasteiger partial charge in [-0.15, -0.1) is 11.3 Å². The Labute approximate surface area is 140 Å². The van der Waals surface area contributed by atoms with E-state index in [1.54, 1.807) is 23.1 Å². The summed E-state index contributed by atoms with van der Waals surface area (Å²) < 4.78 is 1.44. The predicted molar refractivity (Wildman–Crippen MR) is 88.9 cm³/mol.